The molecule has 1 aromatic heterocycles. The fourth-order valence-electron chi connectivity index (χ4n) is 0.694. The Kier molecular flexibility index (Phi) is 2.14. The molecule has 0 bridgehead atoms. The van der Waals surface area contributed by atoms with Crippen LogP contribution in [0.25, 0.3) is 0 Å². The van der Waals surface area contributed by atoms with Crippen molar-refractivity contribution in [1.29, 1.82) is 0 Å². The molecule has 2 heteroatoms. The van der Waals surface area contributed by atoms with Crippen LogP contribution >= 0.6 is 0 Å². The quantitative estimate of drug-likeness (QED) is 0.622. The van der Waals surface area contributed by atoms with E-state index in [4.69, 9.17) is 10.8 Å². The van der Waals surface area contributed by atoms with Crippen LogP contribution in [0.15, 0.2) is 23.0 Å². The summed E-state index contributed by atoms with van der Waals surface area (Å²) in [6, 6.07) is 1.70. The molecule has 1 aromatic rings. The summed E-state index contributed by atoms with van der Waals surface area (Å²) < 4.78 is 4.75. The lowest BCUT2D eigenvalue weighted by Crippen LogP contribution is -1.92. The first-order valence-corrected chi connectivity index (χ1v) is 2.98. The van der Waals surface area contributed by atoms with Crippen LogP contribution in [0.2, 0.25) is 0 Å². The Hall–Kier alpha value is -1.20. The number of rotatable bonds is 2. The van der Waals surface area contributed by atoms with Crippen molar-refractivity contribution in [2.24, 2.45) is 0 Å². The van der Waals surface area contributed by atoms with Gasteiger partial charge in [0.15, 0.2) is 0 Å². The molecule has 1 N–H and O–H groups in total. The molecule has 1 heterocycles. The molecule has 0 aliphatic carbocycles. The number of aliphatic hydroxyl groups excluding tert-OH is 1. The van der Waals surface area contributed by atoms with Gasteiger partial charge >= 0.3 is 0 Å². The standard InChI is InChI=1S/C8H8O2/c1-2-3-8(9)7-4-5-10-6-7/h1,4-6,8-9H,3H2. The summed E-state index contributed by atoms with van der Waals surface area (Å²) in [4.78, 5) is 0. The van der Waals surface area contributed by atoms with E-state index in [0.717, 1.165) is 5.56 Å². The highest BCUT2D eigenvalue weighted by atomic mass is 16.3. The number of aliphatic hydroxyl groups is 1. The molecule has 0 radical (unpaired) electrons. The number of hydrogen-bond donors (Lipinski definition) is 1. The first-order chi connectivity index (χ1) is 4.84. The largest absolute Gasteiger partial charge is 0.472 e. The van der Waals surface area contributed by atoms with Crippen molar-refractivity contribution in [3.8, 4) is 12.3 Å². The van der Waals surface area contributed by atoms with E-state index in [-0.39, 0.29) is 0 Å². The van der Waals surface area contributed by atoms with Gasteiger partial charge in [0, 0.05) is 12.0 Å². The van der Waals surface area contributed by atoms with Crippen LogP contribution in [0, 0.1) is 12.3 Å². The van der Waals surface area contributed by atoms with E-state index in [1.807, 2.05) is 0 Å². The van der Waals surface area contributed by atoms with E-state index < -0.39 is 6.10 Å². The van der Waals surface area contributed by atoms with E-state index in [1.165, 1.54) is 12.5 Å². The average molecular weight is 136 g/mol. The van der Waals surface area contributed by atoms with Gasteiger partial charge in [0.1, 0.15) is 0 Å². The molecule has 0 spiro atoms. The molecular formula is C8H8O2. The summed E-state index contributed by atoms with van der Waals surface area (Å²) in [6.45, 7) is 0. The molecular weight excluding hydrogens is 128 g/mol. The molecule has 0 amide bonds. The third-order valence-electron chi connectivity index (χ3n) is 1.24. The molecule has 10 heavy (non-hydrogen) atoms. The van der Waals surface area contributed by atoms with Gasteiger partial charge in [-0.1, -0.05) is 0 Å². The normalized spacial score (nSPS) is 12.4. The van der Waals surface area contributed by atoms with Crippen LogP contribution in [-0.2, 0) is 0 Å². The topological polar surface area (TPSA) is 33.4 Å². The zero-order chi connectivity index (χ0) is 7.40. The van der Waals surface area contributed by atoms with Gasteiger partial charge < -0.3 is 9.52 Å². The molecule has 1 rings (SSSR count). The van der Waals surface area contributed by atoms with Crippen LogP contribution in [0.3, 0.4) is 0 Å². The molecule has 52 valence electrons. The summed E-state index contributed by atoms with van der Waals surface area (Å²) in [5.41, 5.74) is 0.734. The highest BCUT2D eigenvalue weighted by Crippen LogP contribution is 2.15. The first-order valence-electron chi connectivity index (χ1n) is 2.98. The van der Waals surface area contributed by atoms with Gasteiger partial charge in [-0.25, -0.2) is 0 Å². The Morgan fingerprint density at radius 2 is 2.60 bits per heavy atom. The molecule has 0 saturated carbocycles. The lowest BCUT2D eigenvalue weighted by atomic mass is 10.1. The summed E-state index contributed by atoms with van der Waals surface area (Å²) in [5, 5.41) is 9.21. The van der Waals surface area contributed by atoms with Gasteiger partial charge in [-0.15, -0.1) is 12.3 Å². The molecule has 2 nitrogen and oxygen atoms in total. The minimum Gasteiger partial charge on any atom is -0.472 e. The average Bonchev–Trinajstić information content (AvgIpc) is 2.38. The van der Waals surface area contributed by atoms with Gasteiger partial charge in [0.05, 0.1) is 18.6 Å². The van der Waals surface area contributed by atoms with Crippen molar-refractivity contribution in [3.05, 3.63) is 24.2 Å². The second kappa shape index (κ2) is 3.09. The lowest BCUT2D eigenvalue weighted by molar-refractivity contribution is 0.183. The van der Waals surface area contributed by atoms with Crippen LogP contribution < -0.4 is 0 Å². The van der Waals surface area contributed by atoms with Crippen molar-refractivity contribution in [3.63, 3.8) is 0 Å². The summed E-state index contributed by atoms with van der Waals surface area (Å²) in [6.07, 6.45) is 7.75. The summed E-state index contributed by atoms with van der Waals surface area (Å²) >= 11 is 0. The van der Waals surface area contributed by atoms with E-state index >= 15 is 0 Å². The maximum atomic E-state index is 9.21. The van der Waals surface area contributed by atoms with Crippen molar-refractivity contribution >= 4 is 0 Å². The van der Waals surface area contributed by atoms with Crippen molar-refractivity contribution in [2.45, 2.75) is 12.5 Å². The monoisotopic (exact) mass is 136 g/mol. The predicted molar refractivity (Wildman–Crippen MR) is 37.1 cm³/mol. The Balaban J connectivity index is 2.61. The Labute approximate surface area is 59.5 Å². The zero-order valence-electron chi connectivity index (χ0n) is 5.45. The Bertz CT molecular complexity index is 218. The zero-order valence-corrected chi connectivity index (χ0v) is 5.45. The van der Waals surface area contributed by atoms with E-state index in [2.05, 4.69) is 5.92 Å². The predicted octanol–water partition coefficient (Wildman–Crippen LogP) is 1.34. The molecule has 1 atom stereocenters. The number of furan rings is 1. The summed E-state index contributed by atoms with van der Waals surface area (Å²) in [5.74, 6) is 2.36. The Morgan fingerprint density at radius 1 is 1.80 bits per heavy atom. The maximum Gasteiger partial charge on any atom is 0.0960 e. The summed E-state index contributed by atoms with van der Waals surface area (Å²) in [7, 11) is 0. The van der Waals surface area contributed by atoms with E-state index in [9.17, 15) is 5.11 Å². The minimum atomic E-state index is -0.580. The molecule has 0 saturated heterocycles. The molecule has 0 aliphatic heterocycles. The third-order valence-corrected chi connectivity index (χ3v) is 1.24. The molecule has 0 aromatic carbocycles. The van der Waals surface area contributed by atoms with Gasteiger partial charge in [-0.2, -0.15) is 0 Å². The first kappa shape index (κ1) is 6.91. The second-order valence-corrected chi connectivity index (χ2v) is 1.98. The van der Waals surface area contributed by atoms with Crippen molar-refractivity contribution in [1.82, 2.24) is 0 Å². The van der Waals surface area contributed by atoms with Gasteiger partial charge in [0.25, 0.3) is 0 Å². The SMILES string of the molecule is C#CCC(O)c1ccoc1. The lowest BCUT2D eigenvalue weighted by Gasteiger charge is -2.00. The fraction of sp³-hybridized carbons (Fsp3) is 0.250. The minimum absolute atomic E-state index is 0.333. The number of terminal acetylenes is 1. The molecule has 1 unspecified atom stereocenters. The maximum absolute atomic E-state index is 9.21. The van der Waals surface area contributed by atoms with Crippen molar-refractivity contribution in [2.75, 3.05) is 0 Å². The van der Waals surface area contributed by atoms with Crippen LogP contribution in [0.4, 0.5) is 0 Å². The Morgan fingerprint density at radius 3 is 3.10 bits per heavy atom. The smallest absolute Gasteiger partial charge is 0.0960 e. The van der Waals surface area contributed by atoms with E-state index in [1.54, 1.807) is 6.07 Å². The van der Waals surface area contributed by atoms with Gasteiger partial charge in [0.2, 0.25) is 0 Å². The number of hydrogen-bond acceptors (Lipinski definition) is 2. The highest BCUT2D eigenvalue weighted by molar-refractivity contribution is 5.11. The van der Waals surface area contributed by atoms with Gasteiger partial charge in [-0.3, -0.25) is 0 Å². The van der Waals surface area contributed by atoms with Crippen LogP contribution in [-0.4, -0.2) is 5.11 Å². The molecule has 0 aliphatic rings. The van der Waals surface area contributed by atoms with E-state index in [0.29, 0.717) is 6.42 Å². The highest BCUT2D eigenvalue weighted by Gasteiger charge is 2.05. The van der Waals surface area contributed by atoms with Crippen molar-refractivity contribution < 1.29 is 9.52 Å². The van der Waals surface area contributed by atoms with Crippen LogP contribution in [0.5, 0.6) is 0 Å². The van der Waals surface area contributed by atoms with Gasteiger partial charge in [-0.05, 0) is 6.07 Å². The third kappa shape index (κ3) is 1.40. The molecule has 0 fully saturated rings. The fourth-order valence-corrected chi connectivity index (χ4v) is 0.694. The second-order valence-electron chi connectivity index (χ2n) is 1.98. The van der Waals surface area contributed by atoms with Crippen LogP contribution in [0.1, 0.15) is 18.1 Å².